The number of aliphatic hydroxyl groups is 1. The van der Waals surface area contributed by atoms with Crippen LogP contribution in [0.25, 0.3) is 0 Å². The molecule has 1 aliphatic carbocycles. The number of benzene rings is 2. The molecule has 0 heterocycles. The lowest BCUT2D eigenvalue weighted by Crippen LogP contribution is -2.59. The molecule has 0 unspecified atom stereocenters. The minimum absolute atomic E-state index is 0.105. The van der Waals surface area contributed by atoms with Crippen molar-refractivity contribution in [1.82, 2.24) is 10.2 Å². The van der Waals surface area contributed by atoms with Gasteiger partial charge in [-0.05, 0) is 50.5 Å². The first-order valence-electron chi connectivity index (χ1n) is 11.6. The molecule has 2 aromatic carbocycles. The van der Waals surface area contributed by atoms with E-state index in [1.807, 2.05) is 54.6 Å². The molecule has 0 saturated heterocycles. The van der Waals surface area contributed by atoms with E-state index in [-0.39, 0.29) is 13.2 Å². The van der Waals surface area contributed by atoms with Gasteiger partial charge in [-0.25, -0.2) is 9.59 Å². The van der Waals surface area contributed by atoms with E-state index in [0.717, 1.165) is 11.1 Å². The number of amides is 2. The first-order valence-corrected chi connectivity index (χ1v) is 11.6. The minimum atomic E-state index is -0.999. The van der Waals surface area contributed by atoms with E-state index in [2.05, 4.69) is 5.32 Å². The summed E-state index contributed by atoms with van der Waals surface area (Å²) < 4.78 is 16.3. The predicted molar refractivity (Wildman–Crippen MR) is 132 cm³/mol. The highest BCUT2D eigenvalue weighted by atomic mass is 16.6. The van der Waals surface area contributed by atoms with E-state index in [0.29, 0.717) is 12.2 Å². The maximum atomic E-state index is 13.3. The molecule has 0 bridgehead atoms. The Balaban J connectivity index is 1.84. The molecule has 35 heavy (non-hydrogen) atoms. The number of alkyl carbamates (subject to hydrolysis) is 1. The van der Waals surface area contributed by atoms with Crippen LogP contribution in [0.4, 0.5) is 9.59 Å². The van der Waals surface area contributed by atoms with E-state index in [1.54, 1.807) is 44.9 Å². The number of nitrogens with zero attached hydrogens (tertiary/aromatic N) is 1. The SMILES string of the molecule is COc1ccc(CN(C(=O)OCc2ccccc2)[C@H]2CC=C[C@H](O)[C@@H]2NC(=O)OC(C)(C)C)cc1. The van der Waals surface area contributed by atoms with E-state index in [9.17, 15) is 14.7 Å². The second-order valence-corrected chi connectivity index (χ2v) is 9.41. The van der Waals surface area contributed by atoms with Gasteiger partial charge in [0, 0.05) is 6.54 Å². The zero-order valence-electron chi connectivity index (χ0n) is 20.6. The zero-order valence-corrected chi connectivity index (χ0v) is 20.6. The number of hydrogen-bond donors (Lipinski definition) is 2. The third-order valence-corrected chi connectivity index (χ3v) is 5.53. The van der Waals surface area contributed by atoms with Crippen LogP contribution < -0.4 is 10.1 Å². The van der Waals surface area contributed by atoms with Crippen molar-refractivity contribution < 1.29 is 28.9 Å². The molecule has 2 N–H and O–H groups in total. The molecule has 3 rings (SSSR count). The van der Waals surface area contributed by atoms with Crippen LogP contribution in [0.5, 0.6) is 5.75 Å². The highest BCUT2D eigenvalue weighted by molar-refractivity contribution is 5.70. The van der Waals surface area contributed by atoms with Crippen molar-refractivity contribution in [2.24, 2.45) is 0 Å². The Hall–Kier alpha value is -3.52. The lowest BCUT2D eigenvalue weighted by atomic mass is 9.92. The fraction of sp³-hybridized carbons (Fsp3) is 0.407. The van der Waals surface area contributed by atoms with E-state index in [4.69, 9.17) is 14.2 Å². The maximum absolute atomic E-state index is 13.3. The van der Waals surface area contributed by atoms with Gasteiger partial charge in [0.25, 0.3) is 0 Å². The number of aliphatic hydroxyl groups excluding tert-OH is 1. The van der Waals surface area contributed by atoms with Crippen LogP contribution in [0.1, 0.15) is 38.3 Å². The number of carbonyl (C=O) groups excluding carboxylic acids is 2. The van der Waals surface area contributed by atoms with Crippen LogP contribution in [0, 0.1) is 0 Å². The molecular weight excluding hydrogens is 448 g/mol. The fourth-order valence-electron chi connectivity index (χ4n) is 3.84. The van der Waals surface area contributed by atoms with Gasteiger partial charge in [0.05, 0.1) is 25.3 Å². The monoisotopic (exact) mass is 482 g/mol. The van der Waals surface area contributed by atoms with Crippen molar-refractivity contribution in [2.75, 3.05) is 7.11 Å². The third-order valence-electron chi connectivity index (χ3n) is 5.53. The summed E-state index contributed by atoms with van der Waals surface area (Å²) in [7, 11) is 1.59. The van der Waals surface area contributed by atoms with Crippen molar-refractivity contribution in [3.63, 3.8) is 0 Å². The van der Waals surface area contributed by atoms with Crippen LogP contribution in [0.15, 0.2) is 66.7 Å². The smallest absolute Gasteiger partial charge is 0.410 e. The predicted octanol–water partition coefficient (Wildman–Crippen LogP) is 4.42. The second kappa shape index (κ2) is 11.8. The van der Waals surface area contributed by atoms with Gasteiger partial charge in [0.2, 0.25) is 0 Å². The largest absolute Gasteiger partial charge is 0.497 e. The summed E-state index contributed by atoms with van der Waals surface area (Å²) in [6, 6.07) is 15.4. The average Bonchev–Trinajstić information content (AvgIpc) is 2.82. The number of carbonyl (C=O) groups is 2. The molecule has 188 valence electrons. The summed E-state index contributed by atoms with van der Waals surface area (Å²) in [6.45, 7) is 5.61. The Kier molecular flexibility index (Phi) is 8.76. The summed E-state index contributed by atoms with van der Waals surface area (Å²) in [4.78, 5) is 27.4. The van der Waals surface area contributed by atoms with Crippen molar-refractivity contribution in [3.8, 4) is 5.75 Å². The number of rotatable bonds is 7. The normalized spacial score (nSPS) is 19.5. The Bertz CT molecular complexity index is 1000. The van der Waals surface area contributed by atoms with Crippen LogP contribution in [-0.4, -0.2) is 53.1 Å². The number of ether oxygens (including phenoxy) is 3. The van der Waals surface area contributed by atoms with E-state index >= 15 is 0 Å². The van der Waals surface area contributed by atoms with Crippen LogP contribution in [0.3, 0.4) is 0 Å². The molecule has 3 atom stereocenters. The first-order chi connectivity index (χ1) is 16.7. The van der Waals surface area contributed by atoms with Crippen molar-refractivity contribution >= 4 is 12.2 Å². The quantitative estimate of drug-likeness (QED) is 0.567. The molecule has 8 nitrogen and oxygen atoms in total. The molecule has 0 radical (unpaired) electrons. The summed E-state index contributed by atoms with van der Waals surface area (Å²) in [5, 5.41) is 13.5. The van der Waals surface area contributed by atoms with Gasteiger partial charge in [0.15, 0.2) is 0 Å². The van der Waals surface area contributed by atoms with Gasteiger partial charge < -0.3 is 24.6 Å². The first kappa shape index (κ1) is 26.1. The summed E-state index contributed by atoms with van der Waals surface area (Å²) in [5.41, 5.74) is 1.01. The van der Waals surface area contributed by atoms with Crippen molar-refractivity contribution in [1.29, 1.82) is 0 Å². The standard InChI is InChI=1S/C27H34N2O6/c1-27(2,3)35-25(31)28-24-22(11-8-12-23(24)30)29(17-19-13-15-21(33-4)16-14-19)26(32)34-18-20-9-6-5-7-10-20/h5-10,12-16,22-24,30H,11,17-18H2,1-4H3,(H,28,31)/t22-,23-,24+/m0/s1. The molecule has 0 aromatic heterocycles. The molecule has 0 spiro atoms. The maximum Gasteiger partial charge on any atom is 0.410 e. The van der Waals surface area contributed by atoms with Crippen LogP contribution in [0.2, 0.25) is 0 Å². The summed E-state index contributed by atoms with van der Waals surface area (Å²) in [5.74, 6) is 0.701. The molecule has 0 saturated carbocycles. The average molecular weight is 483 g/mol. The highest BCUT2D eigenvalue weighted by Gasteiger charge is 2.38. The molecule has 0 aliphatic heterocycles. The fourth-order valence-corrected chi connectivity index (χ4v) is 3.84. The van der Waals surface area contributed by atoms with Gasteiger partial charge in [-0.1, -0.05) is 54.6 Å². The minimum Gasteiger partial charge on any atom is -0.497 e. The molecular formula is C27H34N2O6. The number of hydrogen-bond acceptors (Lipinski definition) is 6. The van der Waals surface area contributed by atoms with E-state index < -0.39 is 36.0 Å². The van der Waals surface area contributed by atoms with Gasteiger partial charge in [-0.15, -0.1) is 0 Å². The second-order valence-electron chi connectivity index (χ2n) is 9.41. The van der Waals surface area contributed by atoms with E-state index in [1.165, 1.54) is 0 Å². The van der Waals surface area contributed by atoms with Crippen LogP contribution in [-0.2, 0) is 22.6 Å². The lowest BCUT2D eigenvalue weighted by Gasteiger charge is -2.40. The zero-order chi connectivity index (χ0) is 25.4. The molecule has 1 aliphatic rings. The van der Waals surface area contributed by atoms with Gasteiger partial charge in [0.1, 0.15) is 18.0 Å². The molecule has 0 fully saturated rings. The van der Waals surface area contributed by atoms with Gasteiger partial charge >= 0.3 is 12.2 Å². The molecule has 2 amide bonds. The molecule has 2 aromatic rings. The lowest BCUT2D eigenvalue weighted by molar-refractivity contribution is 0.0253. The van der Waals surface area contributed by atoms with Crippen molar-refractivity contribution in [2.45, 2.75) is 64.1 Å². The van der Waals surface area contributed by atoms with Gasteiger partial charge in [-0.3, -0.25) is 4.90 Å². The van der Waals surface area contributed by atoms with Crippen molar-refractivity contribution in [3.05, 3.63) is 77.9 Å². The number of methoxy groups -OCH3 is 1. The highest BCUT2D eigenvalue weighted by Crippen LogP contribution is 2.24. The Morgan fingerprint density at radius 3 is 2.37 bits per heavy atom. The Morgan fingerprint density at radius 2 is 1.74 bits per heavy atom. The van der Waals surface area contributed by atoms with Gasteiger partial charge in [-0.2, -0.15) is 0 Å². The Morgan fingerprint density at radius 1 is 1.06 bits per heavy atom. The number of nitrogens with one attached hydrogen (secondary N) is 1. The Labute approximate surface area is 206 Å². The molecule has 8 heteroatoms. The van der Waals surface area contributed by atoms with Crippen LogP contribution >= 0.6 is 0 Å². The summed E-state index contributed by atoms with van der Waals surface area (Å²) >= 11 is 0. The third kappa shape index (κ3) is 7.75. The topological polar surface area (TPSA) is 97.3 Å². The summed E-state index contributed by atoms with van der Waals surface area (Å²) in [6.07, 6.45) is 1.63.